The molecule has 1 saturated heterocycles. The molecule has 0 unspecified atom stereocenters. The molecule has 0 radical (unpaired) electrons. The number of nitrogens with zero attached hydrogens (tertiary/aromatic N) is 5. The Morgan fingerprint density at radius 3 is 2.52 bits per heavy atom. The van der Waals surface area contributed by atoms with Crippen molar-refractivity contribution in [1.82, 2.24) is 18.9 Å². The first kappa shape index (κ1) is 22.6. The van der Waals surface area contributed by atoms with Crippen LogP contribution in [0, 0.1) is 12.8 Å². The molecule has 0 spiro atoms. The van der Waals surface area contributed by atoms with Gasteiger partial charge >= 0.3 is 0 Å². The van der Waals surface area contributed by atoms with E-state index in [1.807, 2.05) is 13.0 Å². The zero-order valence-corrected chi connectivity index (χ0v) is 18.9. The first-order valence-corrected chi connectivity index (χ1v) is 12.3. The van der Waals surface area contributed by atoms with E-state index in [4.69, 9.17) is 16.7 Å². The minimum Gasteiger partial charge on any atom is -0.355 e. The Morgan fingerprint density at radius 2 is 1.90 bits per heavy atom. The van der Waals surface area contributed by atoms with Gasteiger partial charge < -0.3 is 4.90 Å². The third-order valence-electron chi connectivity index (χ3n) is 6.46. The molecule has 0 atom stereocenters. The van der Waals surface area contributed by atoms with Gasteiger partial charge in [-0.15, -0.1) is 0 Å². The fourth-order valence-electron chi connectivity index (χ4n) is 4.75. The van der Waals surface area contributed by atoms with Gasteiger partial charge in [-0.2, -0.15) is 17.8 Å². The van der Waals surface area contributed by atoms with E-state index in [1.54, 1.807) is 4.52 Å². The summed E-state index contributed by atoms with van der Waals surface area (Å²) in [4.78, 5) is 6.53. The Balaban J connectivity index is 1.46. The number of rotatable bonds is 5. The summed E-state index contributed by atoms with van der Waals surface area (Å²) in [6.45, 7) is 3.32. The minimum atomic E-state index is -3.93. The van der Waals surface area contributed by atoms with E-state index < -0.39 is 16.1 Å². The third kappa shape index (κ3) is 4.79. The second-order valence-corrected chi connectivity index (χ2v) is 10.5. The van der Waals surface area contributed by atoms with Crippen molar-refractivity contribution in [1.29, 1.82) is 0 Å². The van der Waals surface area contributed by atoms with Crippen molar-refractivity contribution in [2.24, 2.45) is 11.1 Å². The molecule has 1 aliphatic heterocycles. The van der Waals surface area contributed by atoms with Crippen molar-refractivity contribution >= 4 is 33.1 Å². The van der Waals surface area contributed by atoms with Crippen LogP contribution in [0.1, 0.15) is 44.1 Å². The van der Waals surface area contributed by atoms with Crippen LogP contribution in [-0.2, 0) is 10.2 Å². The Morgan fingerprint density at radius 1 is 1.26 bits per heavy atom. The van der Waals surface area contributed by atoms with Crippen LogP contribution in [0.15, 0.2) is 12.4 Å². The van der Waals surface area contributed by atoms with Gasteiger partial charge in [0.15, 0.2) is 5.82 Å². The van der Waals surface area contributed by atoms with Gasteiger partial charge in [0.2, 0.25) is 5.92 Å². The van der Waals surface area contributed by atoms with Crippen LogP contribution in [0.4, 0.5) is 14.6 Å². The van der Waals surface area contributed by atoms with Crippen molar-refractivity contribution < 1.29 is 17.2 Å². The summed E-state index contributed by atoms with van der Waals surface area (Å²) in [6, 6.07) is 1.57. The van der Waals surface area contributed by atoms with E-state index >= 15 is 0 Å². The number of halogens is 3. The van der Waals surface area contributed by atoms with Crippen LogP contribution < -0.4 is 10.0 Å². The van der Waals surface area contributed by atoms with Crippen LogP contribution in [-0.4, -0.2) is 58.9 Å². The molecule has 2 N–H and O–H groups in total. The lowest BCUT2D eigenvalue weighted by atomic mass is 9.86. The van der Waals surface area contributed by atoms with Gasteiger partial charge in [-0.05, 0) is 50.2 Å². The van der Waals surface area contributed by atoms with Gasteiger partial charge in [-0.25, -0.2) is 23.4 Å². The third-order valence-corrected chi connectivity index (χ3v) is 7.83. The lowest BCUT2D eigenvalue weighted by Gasteiger charge is -2.39. The minimum absolute atomic E-state index is 0.0945. The Labute approximate surface area is 185 Å². The van der Waals surface area contributed by atoms with E-state index in [1.165, 1.54) is 10.6 Å². The predicted octanol–water partition coefficient (Wildman–Crippen LogP) is 2.99. The van der Waals surface area contributed by atoms with E-state index in [0.29, 0.717) is 43.9 Å². The number of hydrogen-bond donors (Lipinski definition) is 1. The maximum absolute atomic E-state index is 13.5. The fourth-order valence-corrected chi connectivity index (χ4v) is 6.09. The fraction of sp³-hybridized carbons (Fsp3) is 0.684. The number of anilines is 1. The first-order chi connectivity index (χ1) is 14.5. The number of aromatic nitrogens is 3. The molecular formula is C19H27ClF2N6O2S. The van der Waals surface area contributed by atoms with Crippen LogP contribution in [0.5, 0.6) is 0 Å². The zero-order chi connectivity index (χ0) is 22.4. The van der Waals surface area contributed by atoms with Crippen LogP contribution in [0.2, 0.25) is 5.15 Å². The van der Waals surface area contributed by atoms with Crippen molar-refractivity contribution in [3.8, 4) is 0 Å². The quantitative estimate of drug-likeness (QED) is 0.715. The summed E-state index contributed by atoms with van der Waals surface area (Å²) in [7, 11) is -3.93. The molecule has 0 aromatic carbocycles. The smallest absolute Gasteiger partial charge is 0.277 e. The molecule has 2 aliphatic rings. The van der Waals surface area contributed by atoms with Gasteiger partial charge in [0.05, 0.1) is 0 Å². The van der Waals surface area contributed by atoms with E-state index in [-0.39, 0.29) is 31.3 Å². The highest BCUT2D eigenvalue weighted by atomic mass is 35.5. The molecule has 2 aromatic heterocycles. The summed E-state index contributed by atoms with van der Waals surface area (Å²) >= 11 is 6.23. The standard InChI is InChI=1S/C19H27ClF2N6O2S/c1-13-10-16(20)28-17(13)18(24-12-25-28)26-8-4-15(5-9-26)27(31(23,29)30)11-14-2-6-19(21,22)7-3-14/h10,12,14-15H,2-9,11H2,1H3,(H2,23,29,30). The second kappa shape index (κ2) is 8.42. The molecular weight excluding hydrogens is 450 g/mol. The number of alkyl halides is 2. The van der Waals surface area contributed by atoms with Gasteiger partial charge in [-0.3, -0.25) is 0 Å². The largest absolute Gasteiger partial charge is 0.355 e. The summed E-state index contributed by atoms with van der Waals surface area (Å²) < 4.78 is 54.5. The monoisotopic (exact) mass is 476 g/mol. The maximum Gasteiger partial charge on any atom is 0.277 e. The molecule has 0 amide bonds. The van der Waals surface area contributed by atoms with E-state index in [2.05, 4.69) is 15.0 Å². The van der Waals surface area contributed by atoms with E-state index in [9.17, 15) is 17.2 Å². The molecule has 12 heteroatoms. The first-order valence-electron chi connectivity index (χ1n) is 10.5. The molecule has 3 heterocycles. The number of nitrogens with two attached hydrogens (primary N) is 1. The van der Waals surface area contributed by atoms with Gasteiger partial charge in [0, 0.05) is 38.5 Å². The molecule has 0 bridgehead atoms. The van der Waals surface area contributed by atoms with Crippen molar-refractivity contribution in [2.75, 3.05) is 24.5 Å². The second-order valence-electron chi connectivity index (χ2n) is 8.63. The highest BCUT2D eigenvalue weighted by Crippen LogP contribution is 2.37. The lowest BCUT2D eigenvalue weighted by molar-refractivity contribution is -0.0477. The van der Waals surface area contributed by atoms with Gasteiger partial charge in [0.25, 0.3) is 10.2 Å². The topological polar surface area (TPSA) is 96.8 Å². The zero-order valence-electron chi connectivity index (χ0n) is 17.3. The number of piperidine rings is 1. The normalized spacial score (nSPS) is 21.3. The summed E-state index contributed by atoms with van der Waals surface area (Å²) in [5.41, 5.74) is 1.79. The highest BCUT2D eigenvalue weighted by Gasteiger charge is 2.38. The maximum atomic E-state index is 13.5. The average molecular weight is 477 g/mol. The summed E-state index contributed by atoms with van der Waals surface area (Å²) in [5, 5.41) is 10.2. The molecule has 31 heavy (non-hydrogen) atoms. The number of fused-ring (bicyclic) bond motifs is 1. The Hall–Kier alpha value is -1.56. The average Bonchev–Trinajstić information content (AvgIpc) is 3.00. The Kier molecular flexibility index (Phi) is 6.14. The lowest BCUT2D eigenvalue weighted by Crippen LogP contribution is -2.51. The molecule has 1 saturated carbocycles. The molecule has 2 aromatic rings. The SMILES string of the molecule is Cc1cc(Cl)n2ncnc(N3CCC(N(CC4CCC(F)(F)CC4)S(N)(=O)=O)CC3)c12. The molecule has 4 rings (SSSR count). The van der Waals surface area contributed by atoms with E-state index in [0.717, 1.165) is 16.9 Å². The van der Waals surface area contributed by atoms with Gasteiger partial charge in [-0.1, -0.05) is 11.6 Å². The molecule has 8 nitrogen and oxygen atoms in total. The highest BCUT2D eigenvalue weighted by molar-refractivity contribution is 7.86. The molecule has 172 valence electrons. The van der Waals surface area contributed by atoms with Crippen molar-refractivity contribution in [3.05, 3.63) is 23.1 Å². The van der Waals surface area contributed by atoms with Crippen molar-refractivity contribution in [2.45, 2.75) is 57.4 Å². The Bertz CT molecular complexity index is 1050. The van der Waals surface area contributed by atoms with Crippen LogP contribution in [0.3, 0.4) is 0 Å². The van der Waals surface area contributed by atoms with Crippen molar-refractivity contribution in [3.63, 3.8) is 0 Å². The predicted molar refractivity (Wildman–Crippen MR) is 115 cm³/mol. The summed E-state index contributed by atoms with van der Waals surface area (Å²) in [5.74, 6) is -1.98. The molecule has 2 fully saturated rings. The number of hydrogen-bond acceptors (Lipinski definition) is 5. The summed E-state index contributed by atoms with van der Waals surface area (Å²) in [6.07, 6.45) is 2.83. The number of aryl methyl sites for hydroxylation is 1. The molecule has 1 aliphatic carbocycles. The van der Waals surface area contributed by atoms with Crippen LogP contribution in [0.25, 0.3) is 5.52 Å². The van der Waals surface area contributed by atoms with Crippen LogP contribution >= 0.6 is 11.6 Å². The van der Waals surface area contributed by atoms with Gasteiger partial charge in [0.1, 0.15) is 17.0 Å².